The van der Waals surface area contributed by atoms with Crippen molar-refractivity contribution in [2.24, 2.45) is 5.73 Å². The van der Waals surface area contributed by atoms with Gasteiger partial charge in [-0.3, -0.25) is 4.79 Å². The van der Waals surface area contributed by atoms with Crippen LogP contribution in [0.4, 0.5) is 0 Å². The van der Waals surface area contributed by atoms with Crippen molar-refractivity contribution >= 4 is 23.1 Å². The van der Waals surface area contributed by atoms with E-state index in [0.717, 1.165) is 0 Å². The molecule has 6 heteroatoms. The van der Waals surface area contributed by atoms with Crippen molar-refractivity contribution < 1.29 is 9.32 Å². The molecule has 0 radical (unpaired) electrons. The van der Waals surface area contributed by atoms with Crippen LogP contribution in [-0.4, -0.2) is 16.1 Å². The van der Waals surface area contributed by atoms with Crippen LogP contribution in [0.2, 0.25) is 0 Å². The van der Waals surface area contributed by atoms with Crippen LogP contribution in [0, 0.1) is 6.92 Å². The van der Waals surface area contributed by atoms with E-state index in [4.69, 9.17) is 10.3 Å². The quantitative estimate of drug-likeness (QED) is 0.702. The SMILES string of the molecule is Cc1cc(CNC(=O)CC(N)=S)no1. The van der Waals surface area contributed by atoms with Crippen LogP contribution in [0.25, 0.3) is 0 Å². The Morgan fingerprint density at radius 2 is 2.50 bits per heavy atom. The monoisotopic (exact) mass is 213 g/mol. The number of thiocarbonyl (C=S) groups is 1. The molecule has 0 aliphatic carbocycles. The Morgan fingerprint density at radius 3 is 3.00 bits per heavy atom. The van der Waals surface area contributed by atoms with Gasteiger partial charge in [-0.25, -0.2) is 0 Å². The minimum atomic E-state index is -0.210. The average Bonchev–Trinajstić information content (AvgIpc) is 2.47. The number of nitrogens with two attached hydrogens (primary N) is 1. The Morgan fingerprint density at radius 1 is 1.79 bits per heavy atom. The normalized spacial score (nSPS) is 9.79. The van der Waals surface area contributed by atoms with Crippen LogP contribution in [0.15, 0.2) is 10.6 Å². The molecule has 3 N–H and O–H groups in total. The van der Waals surface area contributed by atoms with Crippen molar-refractivity contribution in [3.63, 3.8) is 0 Å². The third-order valence-electron chi connectivity index (χ3n) is 1.48. The van der Waals surface area contributed by atoms with E-state index in [0.29, 0.717) is 18.0 Å². The maximum absolute atomic E-state index is 11.1. The van der Waals surface area contributed by atoms with Gasteiger partial charge in [0.15, 0.2) is 0 Å². The summed E-state index contributed by atoms with van der Waals surface area (Å²) in [6.45, 7) is 2.12. The molecule has 14 heavy (non-hydrogen) atoms. The lowest BCUT2D eigenvalue weighted by Crippen LogP contribution is -2.27. The molecular formula is C8H11N3O2S. The predicted molar refractivity (Wildman–Crippen MR) is 54.5 cm³/mol. The van der Waals surface area contributed by atoms with Crippen molar-refractivity contribution in [1.29, 1.82) is 0 Å². The molecular weight excluding hydrogens is 202 g/mol. The number of aromatic nitrogens is 1. The van der Waals surface area contributed by atoms with Gasteiger partial charge in [-0.15, -0.1) is 0 Å². The summed E-state index contributed by atoms with van der Waals surface area (Å²) in [7, 11) is 0. The first-order valence-electron chi connectivity index (χ1n) is 4.05. The molecule has 0 saturated carbocycles. The van der Waals surface area contributed by atoms with Crippen LogP contribution in [-0.2, 0) is 11.3 Å². The molecule has 1 aromatic rings. The Hall–Kier alpha value is -1.43. The molecule has 0 aromatic carbocycles. The zero-order valence-corrected chi connectivity index (χ0v) is 8.56. The summed E-state index contributed by atoms with van der Waals surface area (Å²) >= 11 is 4.59. The Bertz CT molecular complexity index is 348. The molecule has 0 bridgehead atoms. The largest absolute Gasteiger partial charge is 0.393 e. The summed E-state index contributed by atoms with van der Waals surface area (Å²) in [5.41, 5.74) is 5.88. The van der Waals surface area contributed by atoms with E-state index < -0.39 is 0 Å². The molecule has 0 aliphatic rings. The first kappa shape index (κ1) is 10.6. The molecule has 76 valence electrons. The van der Waals surface area contributed by atoms with Crippen molar-refractivity contribution in [3.8, 4) is 0 Å². The second-order valence-corrected chi connectivity index (χ2v) is 3.37. The van der Waals surface area contributed by atoms with Crippen molar-refractivity contribution in [2.75, 3.05) is 0 Å². The maximum Gasteiger partial charge on any atom is 0.227 e. The fourth-order valence-corrected chi connectivity index (χ4v) is 1.04. The molecule has 0 aliphatic heterocycles. The van der Waals surface area contributed by atoms with Gasteiger partial charge >= 0.3 is 0 Å². The number of carbonyl (C=O) groups is 1. The topological polar surface area (TPSA) is 81.2 Å². The summed E-state index contributed by atoms with van der Waals surface area (Å²) in [6.07, 6.45) is 0.0617. The van der Waals surface area contributed by atoms with E-state index in [1.54, 1.807) is 13.0 Å². The minimum Gasteiger partial charge on any atom is -0.393 e. The molecule has 0 unspecified atom stereocenters. The maximum atomic E-state index is 11.1. The van der Waals surface area contributed by atoms with Crippen LogP contribution in [0.5, 0.6) is 0 Å². The van der Waals surface area contributed by atoms with Gasteiger partial charge in [0.2, 0.25) is 5.91 Å². The van der Waals surface area contributed by atoms with Gasteiger partial charge < -0.3 is 15.6 Å². The highest BCUT2D eigenvalue weighted by Gasteiger charge is 2.04. The Balaban J connectivity index is 2.34. The zero-order chi connectivity index (χ0) is 10.6. The molecule has 1 aromatic heterocycles. The van der Waals surface area contributed by atoms with Crippen LogP contribution < -0.4 is 11.1 Å². The van der Waals surface area contributed by atoms with Crippen LogP contribution >= 0.6 is 12.2 Å². The fraction of sp³-hybridized carbons (Fsp3) is 0.375. The van der Waals surface area contributed by atoms with E-state index >= 15 is 0 Å². The van der Waals surface area contributed by atoms with Crippen molar-refractivity contribution in [2.45, 2.75) is 19.9 Å². The van der Waals surface area contributed by atoms with E-state index in [2.05, 4.69) is 22.7 Å². The van der Waals surface area contributed by atoms with Gasteiger partial charge in [0, 0.05) is 6.07 Å². The lowest BCUT2D eigenvalue weighted by molar-refractivity contribution is -0.120. The second kappa shape index (κ2) is 4.71. The number of carbonyl (C=O) groups excluding carboxylic acids is 1. The highest BCUT2D eigenvalue weighted by molar-refractivity contribution is 7.80. The van der Waals surface area contributed by atoms with Crippen LogP contribution in [0.1, 0.15) is 17.9 Å². The van der Waals surface area contributed by atoms with Gasteiger partial charge in [0.05, 0.1) is 18.0 Å². The number of nitrogens with zero attached hydrogens (tertiary/aromatic N) is 1. The number of nitrogens with one attached hydrogen (secondary N) is 1. The molecule has 0 fully saturated rings. The van der Waals surface area contributed by atoms with Crippen molar-refractivity contribution in [3.05, 3.63) is 17.5 Å². The molecule has 5 nitrogen and oxygen atoms in total. The number of hydrogen-bond acceptors (Lipinski definition) is 4. The van der Waals surface area contributed by atoms with Gasteiger partial charge in [0.25, 0.3) is 0 Å². The second-order valence-electron chi connectivity index (χ2n) is 2.85. The number of amides is 1. The summed E-state index contributed by atoms with van der Waals surface area (Å²) in [5, 5.41) is 6.33. The predicted octanol–water partition coefficient (Wildman–Crippen LogP) is 0.275. The lowest BCUT2D eigenvalue weighted by atomic mass is 10.3. The van der Waals surface area contributed by atoms with E-state index in [-0.39, 0.29) is 17.3 Å². The first-order valence-corrected chi connectivity index (χ1v) is 4.46. The van der Waals surface area contributed by atoms with E-state index in [1.807, 2.05) is 0 Å². The third-order valence-corrected chi connectivity index (χ3v) is 1.62. The average molecular weight is 213 g/mol. The Labute approximate surface area is 86.6 Å². The van der Waals surface area contributed by atoms with E-state index in [1.165, 1.54) is 0 Å². The molecule has 1 heterocycles. The van der Waals surface area contributed by atoms with Gasteiger partial charge in [-0.05, 0) is 6.92 Å². The van der Waals surface area contributed by atoms with Crippen LogP contribution in [0.3, 0.4) is 0 Å². The molecule has 0 spiro atoms. The summed E-state index contributed by atoms with van der Waals surface area (Å²) in [5.74, 6) is 0.502. The lowest BCUT2D eigenvalue weighted by Gasteiger charge is -2.00. The van der Waals surface area contributed by atoms with Crippen molar-refractivity contribution in [1.82, 2.24) is 10.5 Å². The number of hydrogen-bond donors (Lipinski definition) is 2. The third kappa shape index (κ3) is 3.53. The van der Waals surface area contributed by atoms with Gasteiger partial charge in [0.1, 0.15) is 11.5 Å². The standard InChI is InChI=1S/C8H11N3O2S/c1-5-2-6(11-13-5)4-10-8(12)3-7(9)14/h2H,3-4H2,1H3,(H2,9,14)(H,10,12). The smallest absolute Gasteiger partial charge is 0.227 e. The Kier molecular flexibility index (Phi) is 3.58. The number of aryl methyl sites for hydroxylation is 1. The summed E-state index contributed by atoms with van der Waals surface area (Å²) in [4.78, 5) is 11.3. The highest BCUT2D eigenvalue weighted by atomic mass is 32.1. The fourth-order valence-electron chi connectivity index (χ4n) is 0.911. The summed E-state index contributed by atoms with van der Waals surface area (Å²) < 4.78 is 4.83. The van der Waals surface area contributed by atoms with Gasteiger partial charge in [-0.2, -0.15) is 0 Å². The zero-order valence-electron chi connectivity index (χ0n) is 7.74. The molecule has 0 atom stereocenters. The summed E-state index contributed by atoms with van der Waals surface area (Å²) in [6, 6.07) is 1.75. The highest BCUT2D eigenvalue weighted by Crippen LogP contribution is 2.00. The number of rotatable bonds is 4. The molecule has 1 rings (SSSR count). The van der Waals surface area contributed by atoms with E-state index in [9.17, 15) is 4.79 Å². The first-order chi connectivity index (χ1) is 6.58. The van der Waals surface area contributed by atoms with Gasteiger partial charge in [-0.1, -0.05) is 17.4 Å². The molecule has 1 amide bonds. The minimum absolute atomic E-state index is 0.0617. The molecule has 0 saturated heterocycles.